The quantitative estimate of drug-likeness (QED) is 0.532. The summed E-state index contributed by atoms with van der Waals surface area (Å²) in [6.07, 6.45) is 5.61. The highest BCUT2D eigenvalue weighted by molar-refractivity contribution is 8.26. The SMILES string of the molecule is Cc1ccc2nc(N3CCC(C)CC3)c(/C=C3\SC(=S)N(C(C)C)C3=O)c(=O)n2c1. The maximum Gasteiger partial charge on any atom is 0.267 e. The van der Waals surface area contributed by atoms with E-state index in [0.717, 1.165) is 31.5 Å². The zero-order valence-electron chi connectivity index (χ0n) is 17.7. The summed E-state index contributed by atoms with van der Waals surface area (Å²) in [6.45, 7) is 9.76. The number of rotatable bonds is 3. The summed E-state index contributed by atoms with van der Waals surface area (Å²) < 4.78 is 2.10. The molecule has 0 spiro atoms. The molecule has 4 heterocycles. The van der Waals surface area contributed by atoms with E-state index in [1.54, 1.807) is 21.6 Å². The van der Waals surface area contributed by atoms with Gasteiger partial charge in [0.25, 0.3) is 11.5 Å². The van der Waals surface area contributed by atoms with Crippen molar-refractivity contribution in [1.82, 2.24) is 14.3 Å². The minimum atomic E-state index is -0.160. The van der Waals surface area contributed by atoms with E-state index in [-0.39, 0.29) is 17.5 Å². The second kappa shape index (κ2) is 8.15. The molecule has 2 aliphatic rings. The first-order chi connectivity index (χ1) is 14.3. The number of pyridine rings is 1. The first-order valence-corrected chi connectivity index (χ1v) is 11.5. The van der Waals surface area contributed by atoms with Crippen LogP contribution >= 0.6 is 24.0 Å². The molecular weight excluding hydrogens is 416 g/mol. The predicted octanol–water partition coefficient (Wildman–Crippen LogP) is 3.85. The fraction of sp³-hybridized carbons (Fsp3) is 0.455. The van der Waals surface area contributed by atoms with Gasteiger partial charge < -0.3 is 4.90 Å². The van der Waals surface area contributed by atoms with E-state index < -0.39 is 0 Å². The lowest BCUT2D eigenvalue weighted by Crippen LogP contribution is -2.36. The number of carbonyl (C=O) groups excluding carboxylic acids is 1. The van der Waals surface area contributed by atoms with E-state index in [1.807, 2.05) is 32.9 Å². The third-order valence-corrected chi connectivity index (χ3v) is 7.01. The number of fused-ring (bicyclic) bond motifs is 1. The lowest BCUT2D eigenvalue weighted by Gasteiger charge is -2.32. The van der Waals surface area contributed by atoms with E-state index >= 15 is 0 Å². The fourth-order valence-electron chi connectivity index (χ4n) is 3.89. The third kappa shape index (κ3) is 3.78. The van der Waals surface area contributed by atoms with Crippen molar-refractivity contribution in [1.29, 1.82) is 0 Å². The van der Waals surface area contributed by atoms with Crippen LogP contribution < -0.4 is 10.5 Å². The molecule has 0 aliphatic carbocycles. The van der Waals surface area contributed by atoms with Crippen molar-refractivity contribution in [2.24, 2.45) is 5.92 Å². The molecule has 30 heavy (non-hydrogen) atoms. The number of hydrogen-bond donors (Lipinski definition) is 0. The van der Waals surface area contributed by atoms with Crippen molar-refractivity contribution in [2.45, 2.75) is 46.6 Å². The monoisotopic (exact) mass is 442 g/mol. The van der Waals surface area contributed by atoms with Crippen molar-refractivity contribution >= 4 is 51.7 Å². The van der Waals surface area contributed by atoms with Crippen molar-refractivity contribution in [2.75, 3.05) is 18.0 Å². The maximum absolute atomic E-state index is 13.5. The molecule has 1 amide bonds. The van der Waals surface area contributed by atoms with Gasteiger partial charge in [0.2, 0.25) is 0 Å². The average Bonchev–Trinajstić information content (AvgIpc) is 2.98. The molecule has 0 saturated carbocycles. The maximum atomic E-state index is 13.5. The molecule has 2 fully saturated rings. The van der Waals surface area contributed by atoms with Crippen LogP contribution in [0.3, 0.4) is 0 Å². The lowest BCUT2D eigenvalue weighted by molar-refractivity contribution is -0.123. The number of aromatic nitrogens is 2. The van der Waals surface area contributed by atoms with Crippen molar-refractivity contribution in [3.63, 3.8) is 0 Å². The van der Waals surface area contributed by atoms with Gasteiger partial charge in [-0.15, -0.1) is 0 Å². The van der Waals surface area contributed by atoms with E-state index in [0.29, 0.717) is 32.2 Å². The number of thiocarbonyl (C=S) groups is 1. The van der Waals surface area contributed by atoms with Gasteiger partial charge in [0.15, 0.2) is 0 Å². The molecule has 0 bridgehead atoms. The largest absolute Gasteiger partial charge is 0.356 e. The normalized spacial score (nSPS) is 19.7. The van der Waals surface area contributed by atoms with Gasteiger partial charge in [0.1, 0.15) is 15.8 Å². The van der Waals surface area contributed by atoms with Gasteiger partial charge in [0.05, 0.1) is 10.5 Å². The molecule has 2 aromatic rings. The number of piperidine rings is 1. The number of carbonyl (C=O) groups is 1. The van der Waals surface area contributed by atoms with Crippen LogP contribution in [0.15, 0.2) is 28.0 Å². The van der Waals surface area contributed by atoms with Crippen LogP contribution in [0.2, 0.25) is 0 Å². The van der Waals surface area contributed by atoms with Gasteiger partial charge in [-0.25, -0.2) is 4.98 Å². The second-order valence-corrected chi connectivity index (χ2v) is 10.1. The summed E-state index contributed by atoms with van der Waals surface area (Å²) in [5.41, 5.74) is 1.89. The van der Waals surface area contributed by atoms with Crippen LogP contribution in [0.1, 0.15) is 44.7 Å². The molecular formula is C22H26N4O2S2. The summed E-state index contributed by atoms with van der Waals surface area (Å²) in [7, 11) is 0. The highest BCUT2D eigenvalue weighted by Gasteiger charge is 2.34. The van der Waals surface area contributed by atoms with Crippen LogP contribution in [0.5, 0.6) is 0 Å². The number of anilines is 1. The van der Waals surface area contributed by atoms with Crippen LogP contribution in [0, 0.1) is 12.8 Å². The smallest absolute Gasteiger partial charge is 0.267 e. The Morgan fingerprint density at radius 2 is 1.93 bits per heavy atom. The molecule has 6 nitrogen and oxygen atoms in total. The molecule has 4 rings (SSSR count). The van der Waals surface area contributed by atoms with Crippen LogP contribution in [0.4, 0.5) is 5.82 Å². The van der Waals surface area contributed by atoms with Gasteiger partial charge in [0, 0.05) is 25.3 Å². The van der Waals surface area contributed by atoms with E-state index in [2.05, 4.69) is 11.8 Å². The Hall–Kier alpha value is -2.19. The van der Waals surface area contributed by atoms with Crippen molar-refractivity contribution in [3.05, 3.63) is 44.7 Å². The molecule has 8 heteroatoms. The third-order valence-electron chi connectivity index (χ3n) is 5.68. The number of thioether (sulfide) groups is 1. The Kier molecular flexibility index (Phi) is 5.72. The molecule has 2 saturated heterocycles. The number of aryl methyl sites for hydroxylation is 1. The molecule has 0 radical (unpaired) electrons. The number of amides is 1. The van der Waals surface area contributed by atoms with Crippen molar-refractivity contribution in [3.8, 4) is 0 Å². The first-order valence-electron chi connectivity index (χ1n) is 10.3. The summed E-state index contributed by atoms with van der Waals surface area (Å²) >= 11 is 6.66. The van der Waals surface area contributed by atoms with Crippen LogP contribution in [0.25, 0.3) is 11.7 Å². The Bertz CT molecular complexity index is 1110. The summed E-state index contributed by atoms with van der Waals surface area (Å²) in [4.78, 5) is 35.5. The minimum Gasteiger partial charge on any atom is -0.356 e. The van der Waals surface area contributed by atoms with Crippen LogP contribution in [-0.4, -0.2) is 43.6 Å². The molecule has 158 valence electrons. The average molecular weight is 443 g/mol. The number of nitrogens with zero attached hydrogens (tertiary/aromatic N) is 4. The highest BCUT2D eigenvalue weighted by Crippen LogP contribution is 2.35. The standard InChI is InChI=1S/C22H26N4O2S2/c1-13(2)26-21(28)17(30-22(26)29)11-16-19(24-9-7-14(3)8-10-24)23-18-6-5-15(4)12-25(18)20(16)27/h5-6,11-14H,7-10H2,1-4H3/b17-11-. The summed E-state index contributed by atoms with van der Waals surface area (Å²) in [6, 6.07) is 3.80. The Morgan fingerprint density at radius 1 is 1.23 bits per heavy atom. The lowest BCUT2D eigenvalue weighted by atomic mass is 9.99. The van der Waals surface area contributed by atoms with E-state index in [1.165, 1.54) is 11.8 Å². The van der Waals surface area contributed by atoms with Gasteiger partial charge in [-0.3, -0.25) is 18.9 Å². The molecule has 0 unspecified atom stereocenters. The van der Waals surface area contributed by atoms with Gasteiger partial charge in [-0.1, -0.05) is 37.0 Å². The first kappa shape index (κ1) is 21.1. The van der Waals surface area contributed by atoms with Crippen LogP contribution in [-0.2, 0) is 4.79 Å². The van der Waals surface area contributed by atoms with Gasteiger partial charge >= 0.3 is 0 Å². The fourth-order valence-corrected chi connectivity index (χ4v) is 5.40. The molecule has 0 atom stereocenters. The molecule has 0 aromatic carbocycles. The second-order valence-electron chi connectivity index (χ2n) is 8.40. The number of hydrogen-bond acceptors (Lipinski definition) is 6. The summed E-state index contributed by atoms with van der Waals surface area (Å²) in [5, 5.41) is 0. The minimum absolute atomic E-state index is 0.0232. The van der Waals surface area contributed by atoms with E-state index in [4.69, 9.17) is 17.2 Å². The highest BCUT2D eigenvalue weighted by atomic mass is 32.2. The van der Waals surface area contributed by atoms with Crippen molar-refractivity contribution < 1.29 is 4.79 Å². The van der Waals surface area contributed by atoms with E-state index in [9.17, 15) is 9.59 Å². The molecule has 0 N–H and O–H groups in total. The van der Waals surface area contributed by atoms with Gasteiger partial charge in [-0.05, 0) is 57.2 Å². The predicted molar refractivity (Wildman–Crippen MR) is 127 cm³/mol. The Labute approximate surface area is 186 Å². The Balaban J connectivity index is 1.88. The zero-order valence-corrected chi connectivity index (χ0v) is 19.3. The topological polar surface area (TPSA) is 57.9 Å². The molecule has 2 aliphatic heterocycles. The summed E-state index contributed by atoms with van der Waals surface area (Å²) in [5.74, 6) is 1.17. The molecule has 2 aromatic heterocycles. The van der Waals surface area contributed by atoms with Gasteiger partial charge in [-0.2, -0.15) is 0 Å². The Morgan fingerprint density at radius 3 is 2.57 bits per heavy atom. The zero-order chi connectivity index (χ0) is 21.6.